The van der Waals surface area contributed by atoms with Crippen LogP contribution < -0.4 is 34.7 Å². The van der Waals surface area contributed by atoms with Gasteiger partial charge in [0.25, 0.3) is 0 Å². The zero-order valence-corrected chi connectivity index (χ0v) is 18.5. The number of rotatable bonds is 1. The SMILES string of the molecule is C#CC1(C#C)Sc2c(C)c3c(c(C(=O)[O-])c2S1)SC(C#C)(C#C)S3.[Na+]. The van der Waals surface area contributed by atoms with Crippen LogP contribution in [0.5, 0.6) is 0 Å². The first-order chi connectivity index (χ1) is 11.4. The number of carbonyl (C=O) groups is 1. The molecule has 0 N–H and O–H groups in total. The van der Waals surface area contributed by atoms with Gasteiger partial charge in [-0.25, -0.2) is 0 Å². The summed E-state index contributed by atoms with van der Waals surface area (Å²) < 4.78 is -1.92. The molecule has 0 amide bonds. The van der Waals surface area contributed by atoms with Crippen molar-refractivity contribution in [1.29, 1.82) is 0 Å². The average Bonchev–Trinajstić information content (AvgIpc) is 3.15. The molecule has 0 fully saturated rings. The van der Waals surface area contributed by atoms with E-state index in [0.29, 0.717) is 9.79 Å². The second-order valence-electron chi connectivity index (χ2n) is 4.82. The Morgan fingerprint density at radius 2 is 1.16 bits per heavy atom. The maximum Gasteiger partial charge on any atom is 1.00 e. The summed E-state index contributed by atoms with van der Waals surface area (Å²) in [6.07, 6.45) is 22.3. The Kier molecular flexibility index (Phi) is 5.90. The van der Waals surface area contributed by atoms with Crippen LogP contribution in [0.15, 0.2) is 19.6 Å². The molecule has 2 aliphatic heterocycles. The molecule has 0 atom stereocenters. The molecule has 0 radical (unpaired) electrons. The van der Waals surface area contributed by atoms with E-state index in [9.17, 15) is 9.90 Å². The minimum absolute atomic E-state index is 0. The Bertz CT molecular complexity index is 872. The summed E-state index contributed by atoms with van der Waals surface area (Å²) in [5, 5.41) is 11.8. The number of carboxylic acids is 1. The number of carboxylic acid groups (broad SMARTS) is 1. The molecule has 0 saturated heterocycles. The number of terminal acetylenes is 4. The van der Waals surface area contributed by atoms with E-state index < -0.39 is 14.1 Å². The molecule has 116 valence electrons. The van der Waals surface area contributed by atoms with Gasteiger partial charge in [0.1, 0.15) is 0 Å². The Hall–Kier alpha value is -0.670. The topological polar surface area (TPSA) is 40.1 Å². The first kappa shape index (κ1) is 20.6. The van der Waals surface area contributed by atoms with Crippen LogP contribution in [-0.2, 0) is 0 Å². The standard InChI is InChI=1S/C18H8O2S4.Na/c1-6-17(7-2)21-12-10(5)13-15(11(16(19)20)14(12)23-17)24-18(8-3,9-4)22-13;/h1-4H,5H3,(H,19,20);/q;+1/p-1. The van der Waals surface area contributed by atoms with Crippen molar-refractivity contribution in [2.24, 2.45) is 0 Å². The molecular formula is C18H7NaO2S4. The fraction of sp³-hybridized carbons (Fsp3) is 0.167. The summed E-state index contributed by atoms with van der Waals surface area (Å²) in [6.45, 7) is 1.89. The number of hydrogen-bond donors (Lipinski definition) is 0. The van der Waals surface area contributed by atoms with Gasteiger partial charge >= 0.3 is 29.6 Å². The molecule has 0 aliphatic carbocycles. The van der Waals surface area contributed by atoms with Crippen LogP contribution in [0.25, 0.3) is 0 Å². The van der Waals surface area contributed by atoms with Crippen molar-refractivity contribution in [2.75, 3.05) is 0 Å². The fourth-order valence-electron chi connectivity index (χ4n) is 2.34. The van der Waals surface area contributed by atoms with Crippen molar-refractivity contribution in [3.8, 4) is 49.4 Å². The van der Waals surface area contributed by atoms with E-state index in [1.165, 1.54) is 47.0 Å². The zero-order chi connectivity index (χ0) is 17.7. The van der Waals surface area contributed by atoms with Crippen LogP contribution in [0, 0.1) is 56.3 Å². The van der Waals surface area contributed by atoms with Gasteiger partial charge < -0.3 is 9.90 Å². The van der Waals surface area contributed by atoms with E-state index >= 15 is 0 Å². The van der Waals surface area contributed by atoms with Crippen molar-refractivity contribution in [2.45, 2.75) is 34.7 Å². The van der Waals surface area contributed by atoms with Crippen LogP contribution in [0.3, 0.4) is 0 Å². The first-order valence-electron chi connectivity index (χ1n) is 6.45. The zero-order valence-electron chi connectivity index (χ0n) is 13.3. The van der Waals surface area contributed by atoms with Gasteiger partial charge in [-0.3, -0.25) is 0 Å². The van der Waals surface area contributed by atoms with E-state index in [-0.39, 0.29) is 35.1 Å². The van der Waals surface area contributed by atoms with Gasteiger partial charge in [0, 0.05) is 25.1 Å². The number of benzene rings is 1. The van der Waals surface area contributed by atoms with Gasteiger partial charge in [-0.1, -0.05) is 70.7 Å². The Morgan fingerprint density at radius 3 is 1.44 bits per heavy atom. The van der Waals surface area contributed by atoms with Gasteiger partial charge in [-0.2, -0.15) is 0 Å². The minimum Gasteiger partial charge on any atom is -0.545 e. The molecule has 1 aromatic carbocycles. The molecule has 0 unspecified atom stereocenters. The van der Waals surface area contributed by atoms with E-state index in [1.807, 2.05) is 6.92 Å². The molecule has 0 saturated carbocycles. The molecule has 2 heterocycles. The third-order valence-electron chi connectivity index (χ3n) is 3.50. The van der Waals surface area contributed by atoms with Gasteiger partial charge in [-0.15, -0.1) is 25.7 Å². The van der Waals surface area contributed by atoms with Gasteiger partial charge in [0.2, 0.25) is 0 Å². The Labute approximate surface area is 186 Å². The number of aromatic carboxylic acids is 1. The van der Waals surface area contributed by atoms with Crippen molar-refractivity contribution in [1.82, 2.24) is 0 Å². The quantitative estimate of drug-likeness (QED) is 0.471. The molecule has 2 nitrogen and oxygen atoms in total. The molecule has 1 aromatic rings. The third kappa shape index (κ3) is 3.02. The summed E-state index contributed by atoms with van der Waals surface area (Å²) in [4.78, 5) is 14.4. The van der Waals surface area contributed by atoms with E-state index in [0.717, 1.165) is 15.4 Å². The second-order valence-corrected chi connectivity index (χ2v) is 10.2. The predicted molar refractivity (Wildman–Crippen MR) is 99.7 cm³/mol. The number of carbonyl (C=O) groups excluding carboxylic acids is 1. The van der Waals surface area contributed by atoms with Crippen LogP contribution in [0.2, 0.25) is 0 Å². The monoisotopic (exact) mass is 406 g/mol. The average molecular weight is 407 g/mol. The molecular weight excluding hydrogens is 399 g/mol. The van der Waals surface area contributed by atoms with Crippen molar-refractivity contribution in [3.63, 3.8) is 0 Å². The van der Waals surface area contributed by atoms with Crippen molar-refractivity contribution >= 4 is 53.0 Å². The molecule has 0 bridgehead atoms. The van der Waals surface area contributed by atoms with Crippen molar-refractivity contribution in [3.05, 3.63) is 11.1 Å². The first-order valence-corrected chi connectivity index (χ1v) is 9.71. The molecule has 0 spiro atoms. The molecule has 0 aromatic heterocycles. The number of hydrogen-bond acceptors (Lipinski definition) is 6. The molecule has 3 rings (SSSR count). The minimum atomic E-state index is -1.29. The third-order valence-corrected chi connectivity index (χ3v) is 9.50. The van der Waals surface area contributed by atoms with Gasteiger partial charge in [0.05, 0.1) is 5.97 Å². The van der Waals surface area contributed by atoms with Crippen molar-refractivity contribution < 1.29 is 39.5 Å². The Morgan fingerprint density at radius 1 is 0.840 bits per heavy atom. The van der Waals surface area contributed by atoms with Crippen LogP contribution >= 0.6 is 47.0 Å². The number of fused-ring (bicyclic) bond motifs is 2. The number of thioether (sulfide) groups is 4. The summed E-state index contributed by atoms with van der Waals surface area (Å²) >= 11 is 4.95. The van der Waals surface area contributed by atoms with Crippen LogP contribution in [0.1, 0.15) is 15.9 Å². The van der Waals surface area contributed by atoms with E-state index in [4.69, 9.17) is 25.7 Å². The van der Waals surface area contributed by atoms with E-state index in [2.05, 4.69) is 23.7 Å². The molecule has 25 heavy (non-hydrogen) atoms. The maximum absolute atomic E-state index is 11.8. The molecule has 7 heteroatoms. The summed E-state index contributed by atoms with van der Waals surface area (Å²) in [7, 11) is 0. The molecule has 2 aliphatic rings. The predicted octanol–water partition coefficient (Wildman–Crippen LogP) is -0.316. The smallest absolute Gasteiger partial charge is 0.545 e. The summed E-state index contributed by atoms with van der Waals surface area (Å²) in [5.41, 5.74) is 0.958. The van der Waals surface area contributed by atoms with Gasteiger partial charge in [-0.05, 0) is 12.5 Å². The van der Waals surface area contributed by atoms with Crippen LogP contribution in [-0.4, -0.2) is 14.1 Å². The van der Waals surface area contributed by atoms with Crippen LogP contribution in [0.4, 0.5) is 0 Å². The normalized spacial score (nSPS) is 17.6. The second kappa shape index (κ2) is 7.15. The van der Waals surface area contributed by atoms with E-state index in [1.54, 1.807) is 0 Å². The largest absolute Gasteiger partial charge is 1.00 e. The summed E-state index contributed by atoms with van der Waals surface area (Å²) in [5.74, 6) is 9.02. The summed E-state index contributed by atoms with van der Waals surface area (Å²) in [6, 6.07) is 0. The van der Waals surface area contributed by atoms with Gasteiger partial charge in [0.15, 0.2) is 8.16 Å². The fourth-order valence-corrected chi connectivity index (χ4v) is 7.89. The Balaban J connectivity index is 0.00000225. The maximum atomic E-state index is 11.8.